The molecule has 0 fully saturated rings. The molecule has 19 heavy (non-hydrogen) atoms. The maximum atomic E-state index is 9.85. The van der Waals surface area contributed by atoms with Crippen LogP contribution in [0.25, 0.3) is 0 Å². The second-order valence-corrected chi connectivity index (χ2v) is 5.28. The number of rotatable bonds is 5. The summed E-state index contributed by atoms with van der Waals surface area (Å²) < 4.78 is 1.99. The van der Waals surface area contributed by atoms with E-state index >= 15 is 0 Å². The van der Waals surface area contributed by atoms with E-state index in [0.717, 1.165) is 6.54 Å². The molecule has 2 N–H and O–H groups in total. The van der Waals surface area contributed by atoms with Crippen LogP contribution in [-0.4, -0.2) is 20.7 Å². The fraction of sp³-hybridized carbons (Fsp3) is 0.308. The van der Waals surface area contributed by atoms with Gasteiger partial charge in [-0.05, 0) is 19.1 Å². The summed E-state index contributed by atoms with van der Waals surface area (Å²) in [6, 6.07) is 3.46. The van der Waals surface area contributed by atoms with Gasteiger partial charge in [0, 0.05) is 42.1 Å². The molecule has 0 aliphatic carbocycles. The number of halogens is 2. The van der Waals surface area contributed by atoms with Crippen molar-refractivity contribution in [3.8, 4) is 5.75 Å². The summed E-state index contributed by atoms with van der Waals surface area (Å²) in [6.45, 7) is 3.36. The monoisotopic (exact) mass is 299 g/mol. The number of hydrogen-bond acceptors (Lipinski definition) is 3. The first-order chi connectivity index (χ1) is 9.06. The van der Waals surface area contributed by atoms with Crippen molar-refractivity contribution in [3.05, 3.63) is 46.5 Å². The van der Waals surface area contributed by atoms with Crippen molar-refractivity contribution in [2.24, 2.45) is 0 Å². The van der Waals surface area contributed by atoms with E-state index in [-0.39, 0.29) is 16.8 Å². The Morgan fingerprint density at radius 2 is 2.21 bits per heavy atom. The first-order valence-electron chi connectivity index (χ1n) is 5.92. The molecule has 6 heteroatoms. The molecule has 1 aromatic carbocycles. The van der Waals surface area contributed by atoms with Gasteiger partial charge in [0.05, 0.1) is 11.3 Å². The van der Waals surface area contributed by atoms with E-state index in [9.17, 15) is 5.11 Å². The zero-order chi connectivity index (χ0) is 13.8. The third kappa shape index (κ3) is 3.86. The highest BCUT2D eigenvalue weighted by Crippen LogP contribution is 2.31. The van der Waals surface area contributed by atoms with Crippen LogP contribution in [-0.2, 0) is 13.1 Å². The molecule has 0 saturated heterocycles. The maximum Gasteiger partial charge on any atom is 0.138 e. The molecule has 0 amide bonds. The number of nitrogens with zero attached hydrogens (tertiary/aromatic N) is 2. The third-order valence-corrected chi connectivity index (χ3v) is 3.30. The Balaban J connectivity index is 1.95. The van der Waals surface area contributed by atoms with Crippen molar-refractivity contribution in [1.29, 1.82) is 0 Å². The van der Waals surface area contributed by atoms with Crippen molar-refractivity contribution < 1.29 is 5.11 Å². The van der Waals surface area contributed by atoms with Gasteiger partial charge in [-0.25, -0.2) is 4.98 Å². The lowest BCUT2D eigenvalue weighted by molar-refractivity contribution is 0.446. The highest BCUT2D eigenvalue weighted by Gasteiger charge is 2.09. The van der Waals surface area contributed by atoms with Crippen LogP contribution in [0.15, 0.2) is 30.9 Å². The van der Waals surface area contributed by atoms with E-state index in [4.69, 9.17) is 23.2 Å². The second kappa shape index (κ2) is 6.28. The number of aromatic hydroxyl groups is 1. The molecule has 0 spiro atoms. The minimum absolute atomic E-state index is 0.0772. The molecule has 1 heterocycles. The van der Waals surface area contributed by atoms with Gasteiger partial charge in [0.1, 0.15) is 5.75 Å². The SMILES string of the molecule is CC(Cn1ccnc1)NCc1cc(Cl)cc(Cl)c1O. The Morgan fingerprint density at radius 1 is 1.42 bits per heavy atom. The summed E-state index contributed by atoms with van der Waals surface area (Å²) >= 11 is 11.8. The first-order valence-corrected chi connectivity index (χ1v) is 6.68. The molecular weight excluding hydrogens is 285 g/mol. The van der Waals surface area contributed by atoms with Crippen LogP contribution < -0.4 is 5.32 Å². The molecule has 0 aliphatic heterocycles. The van der Waals surface area contributed by atoms with Crippen LogP contribution in [0, 0.1) is 0 Å². The van der Waals surface area contributed by atoms with E-state index < -0.39 is 0 Å². The average Bonchev–Trinajstić information content (AvgIpc) is 2.84. The summed E-state index contributed by atoms with van der Waals surface area (Å²) in [5.74, 6) is 0.0772. The summed E-state index contributed by atoms with van der Waals surface area (Å²) in [4.78, 5) is 3.99. The number of phenolic OH excluding ortho intramolecular Hbond substituents is 1. The van der Waals surface area contributed by atoms with E-state index in [0.29, 0.717) is 17.1 Å². The average molecular weight is 300 g/mol. The number of imidazole rings is 1. The summed E-state index contributed by atoms with van der Waals surface area (Å²) in [5, 5.41) is 13.9. The third-order valence-electron chi connectivity index (χ3n) is 2.79. The van der Waals surface area contributed by atoms with Gasteiger partial charge in [0.15, 0.2) is 0 Å². The van der Waals surface area contributed by atoms with Gasteiger partial charge in [0.25, 0.3) is 0 Å². The fourth-order valence-electron chi connectivity index (χ4n) is 1.81. The largest absolute Gasteiger partial charge is 0.506 e. The topological polar surface area (TPSA) is 50.1 Å². The summed E-state index contributed by atoms with van der Waals surface area (Å²) in [5.41, 5.74) is 0.690. The minimum Gasteiger partial charge on any atom is -0.506 e. The van der Waals surface area contributed by atoms with Crippen molar-refractivity contribution in [3.63, 3.8) is 0 Å². The Kier molecular flexibility index (Phi) is 4.69. The fourth-order valence-corrected chi connectivity index (χ4v) is 2.35. The molecule has 0 radical (unpaired) electrons. The van der Waals surface area contributed by atoms with Gasteiger partial charge in [-0.1, -0.05) is 23.2 Å². The Hall–Kier alpha value is -1.23. The van der Waals surface area contributed by atoms with Gasteiger partial charge < -0.3 is 15.0 Å². The molecule has 4 nitrogen and oxygen atoms in total. The Labute approximate surface area is 122 Å². The minimum atomic E-state index is 0.0772. The molecule has 102 valence electrons. The van der Waals surface area contributed by atoms with Crippen LogP contribution in [0.4, 0.5) is 0 Å². The van der Waals surface area contributed by atoms with E-state index in [2.05, 4.69) is 17.2 Å². The Bertz CT molecular complexity index is 543. The highest BCUT2D eigenvalue weighted by atomic mass is 35.5. The molecule has 1 unspecified atom stereocenters. The molecule has 1 atom stereocenters. The number of benzene rings is 1. The van der Waals surface area contributed by atoms with Crippen molar-refractivity contribution >= 4 is 23.2 Å². The molecule has 0 aliphatic rings. The van der Waals surface area contributed by atoms with E-state index in [1.54, 1.807) is 18.6 Å². The zero-order valence-corrected chi connectivity index (χ0v) is 12.0. The van der Waals surface area contributed by atoms with Crippen LogP contribution in [0.2, 0.25) is 10.0 Å². The predicted octanol–water partition coefficient (Wildman–Crippen LogP) is 3.07. The molecule has 2 rings (SSSR count). The lowest BCUT2D eigenvalue weighted by Gasteiger charge is -2.15. The predicted molar refractivity (Wildman–Crippen MR) is 76.7 cm³/mol. The maximum absolute atomic E-state index is 9.85. The second-order valence-electron chi connectivity index (χ2n) is 4.44. The lowest BCUT2D eigenvalue weighted by Crippen LogP contribution is -2.29. The number of aromatic nitrogens is 2. The van der Waals surface area contributed by atoms with Crippen molar-refractivity contribution in [2.45, 2.75) is 26.1 Å². The van der Waals surface area contributed by atoms with Crippen molar-refractivity contribution in [1.82, 2.24) is 14.9 Å². The first kappa shape index (κ1) is 14.2. The summed E-state index contributed by atoms with van der Waals surface area (Å²) in [7, 11) is 0. The van der Waals surface area contributed by atoms with E-state index in [1.165, 1.54) is 6.07 Å². The summed E-state index contributed by atoms with van der Waals surface area (Å²) in [6.07, 6.45) is 5.42. The standard InChI is InChI=1S/C13H15Cl2N3O/c1-9(7-18-3-2-16-8-18)17-6-10-4-11(14)5-12(15)13(10)19/h2-5,8-9,17,19H,6-7H2,1H3. The lowest BCUT2D eigenvalue weighted by atomic mass is 10.2. The quantitative estimate of drug-likeness (QED) is 0.892. The zero-order valence-electron chi connectivity index (χ0n) is 10.5. The van der Waals surface area contributed by atoms with Gasteiger partial charge in [-0.15, -0.1) is 0 Å². The van der Waals surface area contributed by atoms with E-state index in [1.807, 2.05) is 10.8 Å². The number of nitrogens with one attached hydrogen (secondary N) is 1. The molecule has 0 bridgehead atoms. The number of phenols is 1. The smallest absolute Gasteiger partial charge is 0.138 e. The van der Waals surface area contributed by atoms with Gasteiger partial charge >= 0.3 is 0 Å². The Morgan fingerprint density at radius 3 is 2.89 bits per heavy atom. The van der Waals surface area contributed by atoms with Gasteiger partial charge in [0.2, 0.25) is 0 Å². The van der Waals surface area contributed by atoms with Crippen LogP contribution >= 0.6 is 23.2 Å². The molecule has 1 aromatic heterocycles. The van der Waals surface area contributed by atoms with Crippen LogP contribution in [0.5, 0.6) is 5.75 Å². The highest BCUT2D eigenvalue weighted by molar-refractivity contribution is 6.35. The van der Waals surface area contributed by atoms with Crippen molar-refractivity contribution in [2.75, 3.05) is 0 Å². The molecule has 0 saturated carbocycles. The molecular formula is C13H15Cl2N3O. The van der Waals surface area contributed by atoms with Gasteiger partial charge in [-0.3, -0.25) is 0 Å². The van der Waals surface area contributed by atoms with Crippen LogP contribution in [0.3, 0.4) is 0 Å². The normalized spacial score (nSPS) is 12.6. The van der Waals surface area contributed by atoms with Crippen LogP contribution in [0.1, 0.15) is 12.5 Å². The number of hydrogen-bond donors (Lipinski definition) is 2. The van der Waals surface area contributed by atoms with Gasteiger partial charge in [-0.2, -0.15) is 0 Å². The molecule has 2 aromatic rings.